The molecule has 2 aromatic rings. The minimum absolute atomic E-state index is 0.324. The summed E-state index contributed by atoms with van der Waals surface area (Å²) in [6.45, 7) is 0.522. The minimum Gasteiger partial charge on any atom is -0.496 e. The fourth-order valence-electron chi connectivity index (χ4n) is 1.70. The van der Waals surface area contributed by atoms with Gasteiger partial charge in [0.1, 0.15) is 11.6 Å². The monoisotopic (exact) mass is 245 g/mol. The highest BCUT2D eigenvalue weighted by Gasteiger charge is 2.09. The zero-order valence-electron chi connectivity index (χ0n) is 9.93. The lowest BCUT2D eigenvalue weighted by Gasteiger charge is -2.06. The maximum Gasteiger partial charge on any atom is 0.127 e. The summed E-state index contributed by atoms with van der Waals surface area (Å²) < 4.78 is 20.1. The summed E-state index contributed by atoms with van der Waals surface area (Å²) in [5, 5.41) is 12.6. The summed E-state index contributed by atoms with van der Waals surface area (Å²) in [4.78, 5) is 0. The average Bonchev–Trinajstić information content (AvgIpc) is 2.85. The van der Waals surface area contributed by atoms with Crippen molar-refractivity contribution in [2.45, 2.75) is 13.0 Å². The molecule has 0 atom stereocenters. The molecule has 0 aliphatic rings. The molecular weight excluding hydrogens is 233 g/mol. The third-order valence-electron chi connectivity index (χ3n) is 2.56. The first-order valence-corrected chi connectivity index (χ1v) is 5.48. The molecule has 0 amide bonds. The molecule has 0 spiro atoms. The number of methoxy groups -OCH3 is 1. The van der Waals surface area contributed by atoms with E-state index in [-0.39, 0.29) is 5.82 Å². The smallest absolute Gasteiger partial charge is 0.127 e. The highest BCUT2D eigenvalue weighted by atomic mass is 19.1. The Morgan fingerprint density at radius 3 is 3.06 bits per heavy atom. The van der Waals surface area contributed by atoms with Crippen LogP contribution in [0.25, 0.3) is 11.1 Å². The molecular formula is C13H12FN3O. The van der Waals surface area contributed by atoms with Crippen LogP contribution in [0.4, 0.5) is 4.39 Å². The van der Waals surface area contributed by atoms with E-state index in [4.69, 9.17) is 10.00 Å². The van der Waals surface area contributed by atoms with Gasteiger partial charge < -0.3 is 4.74 Å². The second-order valence-electron chi connectivity index (χ2n) is 3.74. The fourth-order valence-corrected chi connectivity index (χ4v) is 1.70. The quantitative estimate of drug-likeness (QED) is 0.831. The number of rotatable bonds is 4. The normalized spacial score (nSPS) is 10.1. The maximum absolute atomic E-state index is 13.3. The van der Waals surface area contributed by atoms with Crippen LogP contribution in [0.2, 0.25) is 0 Å². The van der Waals surface area contributed by atoms with Crippen molar-refractivity contribution in [3.8, 4) is 22.9 Å². The number of ether oxygens (including phenoxy) is 1. The molecule has 0 aliphatic carbocycles. The van der Waals surface area contributed by atoms with E-state index in [1.165, 1.54) is 19.2 Å². The molecule has 0 fully saturated rings. The van der Waals surface area contributed by atoms with Crippen molar-refractivity contribution in [3.63, 3.8) is 0 Å². The molecule has 0 aliphatic heterocycles. The van der Waals surface area contributed by atoms with Crippen LogP contribution in [-0.2, 0) is 6.54 Å². The molecule has 1 aromatic heterocycles. The van der Waals surface area contributed by atoms with Gasteiger partial charge in [-0.2, -0.15) is 10.4 Å². The lowest BCUT2D eigenvalue weighted by Crippen LogP contribution is -1.96. The Labute approximate surface area is 104 Å². The number of hydrogen-bond acceptors (Lipinski definition) is 3. The molecule has 5 heteroatoms. The average molecular weight is 245 g/mol. The first kappa shape index (κ1) is 12.1. The SMILES string of the molecule is COc1ccc(F)cc1-c1cnn(CCC#N)c1. The number of nitrogens with zero attached hydrogens (tertiary/aromatic N) is 3. The van der Waals surface area contributed by atoms with Crippen molar-refractivity contribution in [3.05, 3.63) is 36.4 Å². The second kappa shape index (κ2) is 5.32. The van der Waals surface area contributed by atoms with Crippen molar-refractivity contribution in [2.24, 2.45) is 0 Å². The molecule has 0 radical (unpaired) electrons. The summed E-state index contributed by atoms with van der Waals surface area (Å²) in [5.41, 5.74) is 1.42. The van der Waals surface area contributed by atoms with Gasteiger partial charge in [0.25, 0.3) is 0 Å². The van der Waals surface area contributed by atoms with Crippen LogP contribution in [0.3, 0.4) is 0 Å². The lowest BCUT2D eigenvalue weighted by atomic mass is 10.1. The molecule has 2 rings (SSSR count). The van der Waals surface area contributed by atoms with Crippen LogP contribution in [-0.4, -0.2) is 16.9 Å². The van der Waals surface area contributed by atoms with E-state index in [0.29, 0.717) is 24.3 Å². The van der Waals surface area contributed by atoms with Crippen molar-refractivity contribution in [2.75, 3.05) is 7.11 Å². The van der Waals surface area contributed by atoms with Gasteiger partial charge in [0.05, 0.1) is 32.3 Å². The molecule has 1 aromatic carbocycles. The van der Waals surface area contributed by atoms with E-state index in [9.17, 15) is 4.39 Å². The van der Waals surface area contributed by atoms with E-state index < -0.39 is 0 Å². The van der Waals surface area contributed by atoms with E-state index >= 15 is 0 Å². The topological polar surface area (TPSA) is 50.8 Å². The Bertz CT molecular complexity index is 586. The minimum atomic E-state index is -0.324. The van der Waals surface area contributed by atoms with Gasteiger partial charge in [0, 0.05) is 17.3 Å². The Morgan fingerprint density at radius 2 is 2.33 bits per heavy atom. The van der Waals surface area contributed by atoms with Gasteiger partial charge in [-0.3, -0.25) is 4.68 Å². The zero-order chi connectivity index (χ0) is 13.0. The van der Waals surface area contributed by atoms with E-state index in [2.05, 4.69) is 11.2 Å². The third kappa shape index (κ3) is 2.48. The third-order valence-corrected chi connectivity index (χ3v) is 2.56. The van der Waals surface area contributed by atoms with Crippen molar-refractivity contribution in [1.29, 1.82) is 5.26 Å². The molecule has 0 bridgehead atoms. The van der Waals surface area contributed by atoms with Crippen LogP contribution < -0.4 is 4.74 Å². The van der Waals surface area contributed by atoms with Crippen LogP contribution in [0.1, 0.15) is 6.42 Å². The fraction of sp³-hybridized carbons (Fsp3) is 0.231. The van der Waals surface area contributed by atoms with Gasteiger partial charge in [0.2, 0.25) is 0 Å². The molecule has 18 heavy (non-hydrogen) atoms. The highest BCUT2D eigenvalue weighted by Crippen LogP contribution is 2.30. The Morgan fingerprint density at radius 1 is 1.50 bits per heavy atom. The van der Waals surface area contributed by atoms with Crippen molar-refractivity contribution >= 4 is 0 Å². The van der Waals surface area contributed by atoms with Gasteiger partial charge in [-0.05, 0) is 18.2 Å². The number of aromatic nitrogens is 2. The summed E-state index contributed by atoms with van der Waals surface area (Å²) in [6, 6.07) is 6.39. The van der Waals surface area contributed by atoms with Crippen LogP contribution in [0.5, 0.6) is 5.75 Å². The van der Waals surface area contributed by atoms with Crippen LogP contribution in [0, 0.1) is 17.1 Å². The summed E-state index contributed by atoms with van der Waals surface area (Å²) in [5.74, 6) is 0.270. The van der Waals surface area contributed by atoms with Crippen molar-refractivity contribution < 1.29 is 9.13 Å². The molecule has 0 unspecified atom stereocenters. The first-order valence-electron chi connectivity index (χ1n) is 5.48. The first-order chi connectivity index (χ1) is 8.74. The molecule has 4 nitrogen and oxygen atoms in total. The molecule has 0 N–H and O–H groups in total. The van der Waals surface area contributed by atoms with Gasteiger partial charge in [-0.1, -0.05) is 0 Å². The number of halogens is 1. The summed E-state index contributed by atoms with van der Waals surface area (Å²) in [6.07, 6.45) is 3.80. The van der Waals surface area contributed by atoms with E-state index in [0.717, 1.165) is 5.56 Å². The Hall–Kier alpha value is -2.35. The van der Waals surface area contributed by atoms with Gasteiger partial charge in [-0.25, -0.2) is 4.39 Å². The van der Waals surface area contributed by atoms with Crippen molar-refractivity contribution in [1.82, 2.24) is 9.78 Å². The van der Waals surface area contributed by atoms with Crippen LogP contribution >= 0.6 is 0 Å². The number of nitriles is 1. The van der Waals surface area contributed by atoms with Crippen LogP contribution in [0.15, 0.2) is 30.6 Å². The molecule has 0 saturated heterocycles. The highest BCUT2D eigenvalue weighted by molar-refractivity contribution is 5.69. The lowest BCUT2D eigenvalue weighted by molar-refractivity contribution is 0.415. The standard InChI is InChI=1S/C13H12FN3O/c1-18-13-4-3-11(14)7-12(13)10-8-16-17(9-10)6-2-5-15/h3-4,7-9H,2,6H2,1H3. The molecule has 1 heterocycles. The Balaban J connectivity index is 2.33. The summed E-state index contributed by atoms with van der Waals surface area (Å²) >= 11 is 0. The van der Waals surface area contributed by atoms with E-state index in [1.807, 2.05) is 0 Å². The predicted octanol–water partition coefficient (Wildman–Crippen LogP) is 2.61. The van der Waals surface area contributed by atoms with Gasteiger partial charge in [0.15, 0.2) is 0 Å². The maximum atomic E-state index is 13.3. The number of hydrogen-bond donors (Lipinski definition) is 0. The largest absolute Gasteiger partial charge is 0.496 e. The number of benzene rings is 1. The predicted molar refractivity (Wildman–Crippen MR) is 64.4 cm³/mol. The number of aryl methyl sites for hydroxylation is 1. The zero-order valence-corrected chi connectivity index (χ0v) is 9.93. The van der Waals surface area contributed by atoms with Gasteiger partial charge >= 0.3 is 0 Å². The summed E-state index contributed by atoms with van der Waals surface area (Å²) in [7, 11) is 1.54. The second-order valence-corrected chi connectivity index (χ2v) is 3.74. The Kier molecular flexibility index (Phi) is 3.58. The molecule has 92 valence electrons. The van der Waals surface area contributed by atoms with Gasteiger partial charge in [-0.15, -0.1) is 0 Å². The van der Waals surface area contributed by atoms with E-state index in [1.54, 1.807) is 23.1 Å². The molecule has 0 saturated carbocycles.